The van der Waals surface area contributed by atoms with Crippen molar-refractivity contribution in [3.63, 3.8) is 0 Å². The van der Waals surface area contributed by atoms with Gasteiger partial charge >= 0.3 is 12.1 Å². The Bertz CT molecular complexity index is 418. The van der Waals surface area contributed by atoms with Crippen molar-refractivity contribution in [3.8, 4) is 0 Å². The number of rotatable bonds is 3. The summed E-state index contributed by atoms with van der Waals surface area (Å²) in [5.41, 5.74) is -1.69. The van der Waals surface area contributed by atoms with Crippen LogP contribution in [0.1, 0.15) is 22.6 Å². The highest BCUT2D eigenvalue weighted by Gasteiger charge is 2.64. The predicted octanol–water partition coefficient (Wildman–Crippen LogP) is 2.97. The molecule has 0 saturated heterocycles. The third kappa shape index (κ3) is 1.81. The molecule has 0 aromatic carbocycles. The van der Waals surface area contributed by atoms with Gasteiger partial charge in [0.1, 0.15) is 5.41 Å². The molecule has 2 nitrogen and oxygen atoms in total. The molecule has 6 heteroatoms. The number of hydrogen-bond donors (Lipinski definition) is 1. The standard InChI is InChI=1S/C10H9F3O2S/c11-10(12,13)9(3-4-9)7-2-1-6(16-7)5-8(14)15/h1-2H,3-5H2,(H,14,15). The van der Waals surface area contributed by atoms with Gasteiger partial charge in [-0.25, -0.2) is 0 Å². The van der Waals surface area contributed by atoms with Gasteiger partial charge in [-0.15, -0.1) is 11.3 Å². The molecule has 1 aliphatic carbocycles. The van der Waals surface area contributed by atoms with Gasteiger partial charge in [-0.3, -0.25) is 4.79 Å². The second-order valence-electron chi connectivity index (χ2n) is 3.92. The second kappa shape index (κ2) is 3.48. The first kappa shape index (κ1) is 11.4. The van der Waals surface area contributed by atoms with E-state index < -0.39 is 17.6 Å². The van der Waals surface area contributed by atoms with Crippen LogP contribution in [0, 0.1) is 0 Å². The van der Waals surface area contributed by atoms with E-state index in [1.54, 1.807) is 0 Å². The van der Waals surface area contributed by atoms with Crippen LogP contribution in [-0.2, 0) is 16.6 Å². The summed E-state index contributed by atoms with van der Waals surface area (Å²) in [5, 5.41) is 8.54. The Morgan fingerprint density at radius 2 is 2.06 bits per heavy atom. The topological polar surface area (TPSA) is 37.3 Å². The highest BCUT2D eigenvalue weighted by Crippen LogP contribution is 2.60. The lowest BCUT2D eigenvalue weighted by Gasteiger charge is -2.17. The molecule has 2 rings (SSSR count). The van der Waals surface area contributed by atoms with Gasteiger partial charge in [0, 0.05) is 9.75 Å². The van der Waals surface area contributed by atoms with Gasteiger partial charge in [0.2, 0.25) is 0 Å². The number of hydrogen-bond acceptors (Lipinski definition) is 2. The second-order valence-corrected chi connectivity index (χ2v) is 5.08. The van der Waals surface area contributed by atoms with E-state index in [0.29, 0.717) is 4.88 Å². The molecule has 0 atom stereocenters. The zero-order chi connectivity index (χ0) is 12.0. The van der Waals surface area contributed by atoms with E-state index in [4.69, 9.17) is 5.11 Å². The third-order valence-corrected chi connectivity index (χ3v) is 4.04. The summed E-state index contributed by atoms with van der Waals surface area (Å²) < 4.78 is 38.2. The van der Waals surface area contributed by atoms with Crippen LogP contribution in [0.5, 0.6) is 0 Å². The average molecular weight is 250 g/mol. The summed E-state index contributed by atoms with van der Waals surface area (Å²) >= 11 is 0.957. The number of thiophene rings is 1. The molecule has 0 spiro atoms. The van der Waals surface area contributed by atoms with Crippen molar-refractivity contribution in [2.45, 2.75) is 30.9 Å². The van der Waals surface area contributed by atoms with Crippen LogP contribution in [0.25, 0.3) is 0 Å². The number of carboxylic acids is 1. The minimum absolute atomic E-state index is 0.115. The summed E-state index contributed by atoms with van der Waals surface area (Å²) in [4.78, 5) is 11.1. The fourth-order valence-corrected chi connectivity index (χ4v) is 2.94. The SMILES string of the molecule is O=C(O)Cc1ccc(C2(C(F)(F)F)CC2)s1. The van der Waals surface area contributed by atoms with Gasteiger partial charge in [0.25, 0.3) is 0 Å². The lowest BCUT2D eigenvalue weighted by Crippen LogP contribution is -2.27. The van der Waals surface area contributed by atoms with Crippen LogP contribution in [0.2, 0.25) is 0 Å². The zero-order valence-electron chi connectivity index (χ0n) is 8.17. The number of aliphatic carboxylic acids is 1. The average Bonchev–Trinajstić information content (AvgIpc) is 2.82. The number of alkyl halides is 3. The van der Waals surface area contributed by atoms with Crippen molar-refractivity contribution in [3.05, 3.63) is 21.9 Å². The number of carbonyl (C=O) groups is 1. The van der Waals surface area contributed by atoms with Crippen molar-refractivity contribution in [2.24, 2.45) is 0 Å². The molecule has 1 saturated carbocycles. The quantitative estimate of drug-likeness (QED) is 0.895. The van der Waals surface area contributed by atoms with Crippen molar-refractivity contribution in [1.82, 2.24) is 0 Å². The summed E-state index contributed by atoms with van der Waals surface area (Å²) in [5.74, 6) is -1.02. The largest absolute Gasteiger partial charge is 0.481 e. The molecule has 1 aliphatic rings. The molecular formula is C10H9F3O2S. The van der Waals surface area contributed by atoms with Crippen LogP contribution >= 0.6 is 11.3 Å². The molecule has 16 heavy (non-hydrogen) atoms. The van der Waals surface area contributed by atoms with E-state index in [1.807, 2.05) is 0 Å². The predicted molar refractivity (Wildman–Crippen MR) is 52.6 cm³/mol. The normalized spacial score (nSPS) is 18.4. The lowest BCUT2D eigenvalue weighted by molar-refractivity contribution is -0.159. The van der Waals surface area contributed by atoms with E-state index in [-0.39, 0.29) is 24.1 Å². The highest BCUT2D eigenvalue weighted by atomic mass is 32.1. The fraction of sp³-hybridized carbons (Fsp3) is 0.500. The minimum Gasteiger partial charge on any atom is -0.481 e. The molecule has 0 amide bonds. The van der Waals surface area contributed by atoms with Crippen molar-refractivity contribution in [2.75, 3.05) is 0 Å². The van der Waals surface area contributed by atoms with Crippen molar-refractivity contribution in [1.29, 1.82) is 0 Å². The van der Waals surface area contributed by atoms with Crippen molar-refractivity contribution >= 4 is 17.3 Å². The molecule has 0 unspecified atom stereocenters. The van der Waals surface area contributed by atoms with Gasteiger partial charge < -0.3 is 5.11 Å². The first-order valence-electron chi connectivity index (χ1n) is 4.73. The Balaban J connectivity index is 2.23. The monoisotopic (exact) mass is 250 g/mol. The fourth-order valence-electron chi connectivity index (χ4n) is 1.67. The van der Waals surface area contributed by atoms with Crippen LogP contribution < -0.4 is 0 Å². The summed E-state index contributed by atoms with van der Waals surface area (Å²) in [6, 6.07) is 2.88. The summed E-state index contributed by atoms with van der Waals surface area (Å²) in [6.07, 6.45) is -4.20. The van der Waals surface area contributed by atoms with E-state index in [0.717, 1.165) is 11.3 Å². The van der Waals surface area contributed by atoms with Gasteiger partial charge in [-0.1, -0.05) is 0 Å². The maximum atomic E-state index is 12.7. The highest BCUT2D eigenvalue weighted by molar-refractivity contribution is 7.12. The van der Waals surface area contributed by atoms with Gasteiger partial charge in [-0.05, 0) is 25.0 Å². The van der Waals surface area contributed by atoms with E-state index in [2.05, 4.69) is 0 Å². The van der Waals surface area contributed by atoms with Gasteiger partial charge in [0.05, 0.1) is 6.42 Å². The molecule has 1 N–H and O–H groups in total. The van der Waals surface area contributed by atoms with Crippen LogP contribution in [0.3, 0.4) is 0 Å². The Kier molecular flexibility index (Phi) is 2.49. The van der Waals surface area contributed by atoms with Crippen molar-refractivity contribution < 1.29 is 23.1 Å². The first-order valence-corrected chi connectivity index (χ1v) is 5.54. The first-order chi connectivity index (χ1) is 7.35. The number of carboxylic acid groups (broad SMARTS) is 1. The van der Waals surface area contributed by atoms with Crippen LogP contribution in [0.4, 0.5) is 13.2 Å². The molecule has 1 fully saturated rings. The molecule has 0 bridgehead atoms. The van der Waals surface area contributed by atoms with E-state index >= 15 is 0 Å². The summed E-state index contributed by atoms with van der Waals surface area (Å²) in [7, 11) is 0. The molecular weight excluding hydrogens is 241 g/mol. The molecule has 1 heterocycles. The third-order valence-electron chi connectivity index (χ3n) is 2.75. The van der Waals surface area contributed by atoms with E-state index in [9.17, 15) is 18.0 Å². The maximum Gasteiger partial charge on any atom is 0.399 e. The molecule has 0 radical (unpaired) electrons. The molecule has 88 valence electrons. The van der Waals surface area contributed by atoms with Crippen LogP contribution in [0.15, 0.2) is 12.1 Å². The minimum atomic E-state index is -4.22. The smallest absolute Gasteiger partial charge is 0.399 e. The Labute approximate surface area is 93.7 Å². The van der Waals surface area contributed by atoms with Crippen LogP contribution in [-0.4, -0.2) is 17.3 Å². The van der Waals surface area contributed by atoms with Gasteiger partial charge in [-0.2, -0.15) is 13.2 Å². The van der Waals surface area contributed by atoms with E-state index in [1.165, 1.54) is 12.1 Å². The molecule has 1 aromatic rings. The lowest BCUT2D eigenvalue weighted by atomic mass is 10.1. The molecule has 0 aliphatic heterocycles. The van der Waals surface area contributed by atoms with Gasteiger partial charge in [0.15, 0.2) is 0 Å². The Morgan fingerprint density at radius 3 is 2.50 bits per heavy atom. The number of halogens is 3. The maximum absolute atomic E-state index is 12.7. The zero-order valence-corrected chi connectivity index (χ0v) is 8.99. The Morgan fingerprint density at radius 1 is 1.44 bits per heavy atom. The Hall–Kier alpha value is -1.04. The summed E-state index contributed by atoms with van der Waals surface area (Å²) in [6.45, 7) is 0. The molecule has 1 aromatic heterocycles.